The number of nitrogens with one attached hydrogen (secondary N) is 2. The van der Waals surface area contributed by atoms with E-state index in [1.54, 1.807) is 44.4 Å². The van der Waals surface area contributed by atoms with Gasteiger partial charge < -0.3 is 24.6 Å². The van der Waals surface area contributed by atoms with Crippen LogP contribution in [0.2, 0.25) is 0 Å². The topological polar surface area (TPSA) is 116 Å². The second kappa shape index (κ2) is 9.36. The molecule has 2 heterocycles. The Kier molecular flexibility index (Phi) is 6.41. The molecule has 0 bridgehead atoms. The summed E-state index contributed by atoms with van der Waals surface area (Å²) in [6.07, 6.45) is 2.75. The van der Waals surface area contributed by atoms with Gasteiger partial charge in [0.05, 0.1) is 24.8 Å². The molecule has 150 valence electrons. The Bertz CT molecular complexity index is 985. The third kappa shape index (κ3) is 5.55. The van der Waals surface area contributed by atoms with Crippen molar-refractivity contribution >= 4 is 17.6 Å². The summed E-state index contributed by atoms with van der Waals surface area (Å²) in [5.74, 6) is 1.47. The number of benzene rings is 1. The minimum absolute atomic E-state index is 0.229. The van der Waals surface area contributed by atoms with Crippen molar-refractivity contribution in [1.29, 1.82) is 0 Å². The lowest BCUT2D eigenvalue weighted by Gasteiger charge is -2.09. The van der Waals surface area contributed by atoms with Gasteiger partial charge in [-0.15, -0.1) is 0 Å². The Morgan fingerprint density at radius 2 is 1.72 bits per heavy atom. The highest BCUT2D eigenvalue weighted by Gasteiger charge is 2.13. The van der Waals surface area contributed by atoms with Crippen LogP contribution in [0.15, 0.2) is 53.3 Å². The summed E-state index contributed by atoms with van der Waals surface area (Å²) in [6, 6.07) is 10.2. The normalized spacial score (nSPS) is 10.3. The second-order valence-corrected chi connectivity index (χ2v) is 6.02. The van der Waals surface area contributed by atoms with Gasteiger partial charge in [-0.25, -0.2) is 0 Å². The minimum Gasteiger partial charge on any atom is -0.497 e. The molecule has 0 unspecified atom stereocenters. The zero-order valence-corrected chi connectivity index (χ0v) is 16.0. The molecule has 0 aliphatic heterocycles. The van der Waals surface area contributed by atoms with Gasteiger partial charge in [-0.3, -0.25) is 14.6 Å². The van der Waals surface area contributed by atoms with Crippen LogP contribution in [0.25, 0.3) is 0 Å². The van der Waals surface area contributed by atoms with Crippen LogP contribution in [0.5, 0.6) is 11.5 Å². The zero-order valence-electron chi connectivity index (χ0n) is 16.0. The lowest BCUT2D eigenvalue weighted by atomic mass is 10.2. The van der Waals surface area contributed by atoms with E-state index in [0.29, 0.717) is 18.1 Å². The summed E-state index contributed by atoms with van der Waals surface area (Å²) in [7, 11) is 1.59. The van der Waals surface area contributed by atoms with Gasteiger partial charge in [0, 0.05) is 18.5 Å². The van der Waals surface area contributed by atoms with E-state index in [1.807, 2.05) is 0 Å². The van der Waals surface area contributed by atoms with Crippen LogP contribution < -0.4 is 20.1 Å². The van der Waals surface area contributed by atoms with Gasteiger partial charge in [0.2, 0.25) is 0 Å². The van der Waals surface area contributed by atoms with Crippen LogP contribution in [0.4, 0.5) is 5.82 Å². The van der Waals surface area contributed by atoms with Crippen LogP contribution >= 0.6 is 0 Å². The van der Waals surface area contributed by atoms with Gasteiger partial charge in [-0.2, -0.15) is 0 Å². The first kappa shape index (κ1) is 19.9. The third-order valence-electron chi connectivity index (χ3n) is 3.85. The van der Waals surface area contributed by atoms with E-state index in [1.165, 1.54) is 18.5 Å². The second-order valence-electron chi connectivity index (χ2n) is 6.02. The first-order chi connectivity index (χ1) is 14.0. The molecule has 0 fully saturated rings. The average molecular weight is 396 g/mol. The van der Waals surface area contributed by atoms with E-state index in [2.05, 4.69) is 20.8 Å². The Morgan fingerprint density at radius 1 is 1.03 bits per heavy atom. The molecule has 3 aromatic rings. The van der Waals surface area contributed by atoms with Crippen molar-refractivity contribution in [3.63, 3.8) is 0 Å². The van der Waals surface area contributed by atoms with Crippen LogP contribution in [0.3, 0.4) is 0 Å². The molecule has 9 heteroatoms. The monoisotopic (exact) mass is 396 g/mol. The molecule has 0 saturated carbocycles. The van der Waals surface area contributed by atoms with Crippen molar-refractivity contribution in [1.82, 2.24) is 15.5 Å². The molecule has 0 radical (unpaired) electrons. The molecule has 0 aliphatic rings. The molecule has 0 spiro atoms. The standard InChI is InChI=1S/C20H20N4O5/c1-13-9-18(24-29-13)23-20(26)15-10-14(11-21-12-15)19(25)22-7-8-28-17-5-3-16(27-2)4-6-17/h3-6,9-12H,7-8H2,1-2H3,(H,22,25)(H,23,24,26). The SMILES string of the molecule is COc1ccc(OCCNC(=O)c2cncc(C(=O)Nc3cc(C)on3)c2)cc1. The minimum atomic E-state index is -0.441. The highest BCUT2D eigenvalue weighted by Crippen LogP contribution is 2.16. The summed E-state index contributed by atoms with van der Waals surface area (Å²) in [5, 5.41) is 9.00. The van der Waals surface area contributed by atoms with E-state index < -0.39 is 5.91 Å². The number of methoxy groups -OCH3 is 1. The van der Waals surface area contributed by atoms with Crippen LogP contribution in [-0.2, 0) is 0 Å². The molecule has 2 aromatic heterocycles. The van der Waals surface area contributed by atoms with Crippen LogP contribution in [0.1, 0.15) is 26.5 Å². The Labute approximate surface area is 167 Å². The van der Waals surface area contributed by atoms with Crippen molar-refractivity contribution in [2.45, 2.75) is 6.92 Å². The van der Waals surface area contributed by atoms with Crippen LogP contribution in [-0.4, -0.2) is 42.2 Å². The van der Waals surface area contributed by atoms with Gasteiger partial charge in [-0.05, 0) is 37.3 Å². The Morgan fingerprint density at radius 3 is 2.38 bits per heavy atom. The summed E-state index contributed by atoms with van der Waals surface area (Å²) >= 11 is 0. The van der Waals surface area contributed by atoms with E-state index in [-0.39, 0.29) is 29.5 Å². The number of hydrogen-bond acceptors (Lipinski definition) is 7. The number of aromatic nitrogens is 2. The molecule has 3 rings (SSSR count). The van der Waals surface area contributed by atoms with Gasteiger partial charge in [-0.1, -0.05) is 5.16 Å². The van der Waals surface area contributed by atoms with Gasteiger partial charge in [0.25, 0.3) is 11.8 Å². The summed E-state index contributed by atoms with van der Waals surface area (Å²) < 4.78 is 15.5. The summed E-state index contributed by atoms with van der Waals surface area (Å²) in [5.41, 5.74) is 0.492. The molecule has 2 N–H and O–H groups in total. The molecule has 0 aliphatic carbocycles. The first-order valence-electron chi connectivity index (χ1n) is 8.80. The predicted octanol–water partition coefficient (Wildman–Crippen LogP) is 2.45. The molecule has 9 nitrogen and oxygen atoms in total. The number of carbonyl (C=O) groups is 2. The number of carbonyl (C=O) groups excluding carboxylic acids is 2. The lowest BCUT2D eigenvalue weighted by Crippen LogP contribution is -2.28. The number of pyridine rings is 1. The number of rotatable bonds is 8. The maximum absolute atomic E-state index is 12.3. The van der Waals surface area contributed by atoms with Gasteiger partial charge in [0.15, 0.2) is 5.82 Å². The van der Waals surface area contributed by atoms with Gasteiger partial charge >= 0.3 is 0 Å². The Hall–Kier alpha value is -3.88. The number of aryl methyl sites for hydroxylation is 1. The number of amides is 2. The fourth-order valence-corrected chi connectivity index (χ4v) is 2.41. The van der Waals surface area contributed by atoms with Crippen molar-refractivity contribution in [3.05, 3.63) is 65.7 Å². The maximum atomic E-state index is 12.3. The van der Waals surface area contributed by atoms with Crippen molar-refractivity contribution in [2.75, 3.05) is 25.6 Å². The zero-order chi connectivity index (χ0) is 20.6. The fraction of sp³-hybridized carbons (Fsp3) is 0.200. The number of anilines is 1. The van der Waals surface area contributed by atoms with Crippen molar-refractivity contribution in [2.24, 2.45) is 0 Å². The number of hydrogen-bond donors (Lipinski definition) is 2. The Balaban J connectivity index is 1.50. The maximum Gasteiger partial charge on any atom is 0.258 e. The molecule has 29 heavy (non-hydrogen) atoms. The van der Waals surface area contributed by atoms with E-state index in [4.69, 9.17) is 14.0 Å². The highest BCUT2D eigenvalue weighted by molar-refractivity contribution is 6.05. The molecule has 0 saturated heterocycles. The number of ether oxygens (including phenoxy) is 2. The number of nitrogens with zero attached hydrogens (tertiary/aromatic N) is 2. The van der Waals surface area contributed by atoms with Gasteiger partial charge in [0.1, 0.15) is 23.9 Å². The summed E-state index contributed by atoms with van der Waals surface area (Å²) in [6.45, 7) is 2.30. The lowest BCUT2D eigenvalue weighted by molar-refractivity contribution is 0.0946. The fourth-order valence-electron chi connectivity index (χ4n) is 2.41. The predicted molar refractivity (Wildman–Crippen MR) is 104 cm³/mol. The van der Waals surface area contributed by atoms with E-state index >= 15 is 0 Å². The van der Waals surface area contributed by atoms with E-state index in [9.17, 15) is 9.59 Å². The van der Waals surface area contributed by atoms with Crippen molar-refractivity contribution in [3.8, 4) is 11.5 Å². The summed E-state index contributed by atoms with van der Waals surface area (Å²) in [4.78, 5) is 28.5. The highest BCUT2D eigenvalue weighted by atomic mass is 16.5. The molecule has 1 aromatic carbocycles. The molecular weight excluding hydrogens is 376 g/mol. The molecule has 0 atom stereocenters. The molecule has 2 amide bonds. The first-order valence-corrected chi connectivity index (χ1v) is 8.80. The smallest absolute Gasteiger partial charge is 0.258 e. The third-order valence-corrected chi connectivity index (χ3v) is 3.85. The van der Waals surface area contributed by atoms with Crippen molar-refractivity contribution < 1.29 is 23.6 Å². The largest absolute Gasteiger partial charge is 0.497 e. The van der Waals surface area contributed by atoms with Crippen LogP contribution in [0, 0.1) is 6.92 Å². The molecular formula is C20H20N4O5. The van der Waals surface area contributed by atoms with E-state index in [0.717, 1.165) is 5.75 Å². The average Bonchev–Trinajstić information content (AvgIpc) is 3.16. The quantitative estimate of drug-likeness (QED) is 0.562.